The summed E-state index contributed by atoms with van der Waals surface area (Å²) in [6.45, 7) is 1.81. The molecule has 1 aromatic rings. The van der Waals surface area contributed by atoms with Gasteiger partial charge in [-0.05, 0) is 38.1 Å². The number of ether oxygens (including phenoxy) is 1. The lowest BCUT2D eigenvalue weighted by atomic mass is 9.96. The van der Waals surface area contributed by atoms with Gasteiger partial charge in [0.25, 0.3) is 0 Å². The molecule has 108 valence electrons. The van der Waals surface area contributed by atoms with E-state index in [4.69, 9.17) is 10.5 Å². The highest BCUT2D eigenvalue weighted by Gasteiger charge is 2.25. The van der Waals surface area contributed by atoms with Crippen LogP contribution >= 0.6 is 0 Å². The number of carbonyl (C=O) groups is 2. The highest BCUT2D eigenvalue weighted by Crippen LogP contribution is 2.20. The highest BCUT2D eigenvalue weighted by atomic mass is 16.5. The molecule has 0 spiro atoms. The van der Waals surface area contributed by atoms with Crippen molar-refractivity contribution >= 4 is 11.7 Å². The predicted molar refractivity (Wildman–Crippen MR) is 75.7 cm³/mol. The number of methoxy groups -OCH3 is 1. The van der Waals surface area contributed by atoms with Crippen LogP contribution in [0.1, 0.15) is 23.2 Å². The summed E-state index contributed by atoms with van der Waals surface area (Å²) < 4.78 is 5.20. The molecule has 0 unspecified atom stereocenters. The smallest absolute Gasteiger partial charge is 0.220 e. The monoisotopic (exact) mass is 276 g/mol. The second-order valence-electron chi connectivity index (χ2n) is 5.08. The molecule has 1 amide bonds. The first-order valence-electron chi connectivity index (χ1n) is 6.79. The van der Waals surface area contributed by atoms with Crippen LogP contribution in [-0.2, 0) is 4.79 Å². The predicted octanol–water partition coefficient (Wildman–Crippen LogP) is 1.08. The van der Waals surface area contributed by atoms with E-state index in [1.165, 1.54) is 0 Å². The fraction of sp³-hybridized carbons (Fsp3) is 0.467. The second kappa shape index (κ2) is 6.52. The summed E-state index contributed by atoms with van der Waals surface area (Å²) in [7, 11) is 1.56. The summed E-state index contributed by atoms with van der Waals surface area (Å²) in [5.41, 5.74) is 5.91. The van der Waals surface area contributed by atoms with Gasteiger partial charge >= 0.3 is 0 Å². The molecule has 0 bridgehead atoms. The highest BCUT2D eigenvalue weighted by molar-refractivity contribution is 6.00. The van der Waals surface area contributed by atoms with E-state index in [1.807, 2.05) is 12.1 Å². The summed E-state index contributed by atoms with van der Waals surface area (Å²) >= 11 is 0. The Balaban J connectivity index is 1.94. The number of nitrogens with zero attached hydrogens (tertiary/aromatic N) is 1. The maximum Gasteiger partial charge on any atom is 0.220 e. The molecule has 20 heavy (non-hydrogen) atoms. The Morgan fingerprint density at radius 1 is 1.30 bits per heavy atom. The standard InChI is InChI=1S/C15H20N2O3/c1-20-14-5-3-2-4-12(14)13(18)10-17-8-6-11(7-9-17)15(16)19/h2-5,11H,6-10H2,1H3,(H2,16,19). The van der Waals surface area contributed by atoms with Gasteiger partial charge < -0.3 is 10.5 Å². The van der Waals surface area contributed by atoms with Gasteiger partial charge in [0.2, 0.25) is 5.91 Å². The van der Waals surface area contributed by atoms with Crippen LogP contribution < -0.4 is 10.5 Å². The molecule has 1 fully saturated rings. The van der Waals surface area contributed by atoms with Gasteiger partial charge in [-0.25, -0.2) is 0 Å². The minimum absolute atomic E-state index is 0.0416. The maximum absolute atomic E-state index is 12.3. The lowest BCUT2D eigenvalue weighted by molar-refractivity contribution is -0.123. The van der Waals surface area contributed by atoms with Gasteiger partial charge in [0, 0.05) is 5.92 Å². The summed E-state index contributed by atoms with van der Waals surface area (Å²) in [5.74, 6) is 0.359. The molecule has 0 saturated carbocycles. The van der Waals surface area contributed by atoms with Gasteiger partial charge in [0.15, 0.2) is 5.78 Å². The topological polar surface area (TPSA) is 72.6 Å². The Labute approximate surface area is 118 Å². The van der Waals surface area contributed by atoms with Crippen LogP contribution in [0.25, 0.3) is 0 Å². The van der Waals surface area contributed by atoms with Gasteiger partial charge in [-0.2, -0.15) is 0 Å². The first-order valence-corrected chi connectivity index (χ1v) is 6.79. The van der Waals surface area contributed by atoms with Crippen LogP contribution in [0.4, 0.5) is 0 Å². The van der Waals surface area contributed by atoms with E-state index in [9.17, 15) is 9.59 Å². The molecule has 2 N–H and O–H groups in total. The van der Waals surface area contributed by atoms with Crippen molar-refractivity contribution in [3.8, 4) is 5.75 Å². The van der Waals surface area contributed by atoms with E-state index >= 15 is 0 Å². The van der Waals surface area contributed by atoms with Crippen molar-refractivity contribution in [3.63, 3.8) is 0 Å². The molecule has 0 aliphatic carbocycles. The largest absolute Gasteiger partial charge is 0.496 e. The zero-order chi connectivity index (χ0) is 14.5. The molecule has 5 nitrogen and oxygen atoms in total. The number of ketones is 1. The third kappa shape index (κ3) is 3.36. The average molecular weight is 276 g/mol. The Morgan fingerprint density at radius 2 is 1.95 bits per heavy atom. The van der Waals surface area contributed by atoms with Gasteiger partial charge in [-0.1, -0.05) is 12.1 Å². The van der Waals surface area contributed by atoms with Gasteiger partial charge in [-0.3, -0.25) is 14.5 Å². The van der Waals surface area contributed by atoms with E-state index in [1.54, 1.807) is 19.2 Å². The summed E-state index contributed by atoms with van der Waals surface area (Å²) in [4.78, 5) is 25.5. The molecule has 1 aliphatic heterocycles. The first-order chi connectivity index (χ1) is 9.61. The van der Waals surface area contributed by atoms with Gasteiger partial charge in [-0.15, -0.1) is 0 Å². The van der Waals surface area contributed by atoms with E-state index in [2.05, 4.69) is 4.90 Å². The number of nitrogens with two attached hydrogens (primary N) is 1. The number of carbonyl (C=O) groups excluding carboxylic acids is 2. The second-order valence-corrected chi connectivity index (χ2v) is 5.08. The molecular weight excluding hydrogens is 256 g/mol. The summed E-state index contributed by atoms with van der Waals surface area (Å²) in [6, 6.07) is 7.23. The number of amides is 1. The number of rotatable bonds is 5. The van der Waals surface area contributed by atoms with Crippen molar-refractivity contribution < 1.29 is 14.3 Å². The third-order valence-corrected chi connectivity index (χ3v) is 3.76. The van der Waals surface area contributed by atoms with Crippen molar-refractivity contribution in [1.82, 2.24) is 4.90 Å². The third-order valence-electron chi connectivity index (χ3n) is 3.76. The Morgan fingerprint density at radius 3 is 2.55 bits per heavy atom. The number of piperidine rings is 1. The molecule has 0 radical (unpaired) electrons. The molecule has 1 saturated heterocycles. The number of hydrogen-bond donors (Lipinski definition) is 1. The Kier molecular flexibility index (Phi) is 4.74. The molecule has 1 aliphatic rings. The number of benzene rings is 1. The molecule has 1 heterocycles. The van der Waals surface area contributed by atoms with Crippen LogP contribution in [0.15, 0.2) is 24.3 Å². The number of likely N-dealkylation sites (tertiary alicyclic amines) is 1. The fourth-order valence-corrected chi connectivity index (χ4v) is 2.54. The summed E-state index contributed by atoms with van der Waals surface area (Å²) in [5, 5.41) is 0. The molecule has 0 atom stereocenters. The minimum Gasteiger partial charge on any atom is -0.496 e. The van der Waals surface area contributed by atoms with Crippen molar-refractivity contribution in [1.29, 1.82) is 0 Å². The summed E-state index contributed by atoms with van der Waals surface area (Å²) in [6.07, 6.45) is 1.46. The molecule has 1 aromatic carbocycles. The van der Waals surface area contributed by atoms with E-state index in [-0.39, 0.29) is 17.6 Å². The Bertz CT molecular complexity index is 494. The molecule has 0 aromatic heterocycles. The van der Waals surface area contributed by atoms with Crippen molar-refractivity contribution in [2.45, 2.75) is 12.8 Å². The van der Waals surface area contributed by atoms with Crippen LogP contribution in [0, 0.1) is 5.92 Å². The average Bonchev–Trinajstić information content (AvgIpc) is 2.47. The number of primary amides is 1. The van der Waals surface area contributed by atoms with Gasteiger partial charge in [0.1, 0.15) is 5.75 Å². The molecular formula is C15H20N2O3. The van der Waals surface area contributed by atoms with E-state index < -0.39 is 0 Å². The number of Topliss-reactive ketones (excluding diaryl/α,β-unsaturated/α-hetero) is 1. The zero-order valence-corrected chi connectivity index (χ0v) is 11.7. The minimum atomic E-state index is -0.235. The van der Waals surface area contributed by atoms with E-state index in [0.29, 0.717) is 17.9 Å². The Hall–Kier alpha value is -1.88. The van der Waals surface area contributed by atoms with Crippen molar-refractivity contribution in [3.05, 3.63) is 29.8 Å². The quantitative estimate of drug-likeness (QED) is 0.817. The normalized spacial score (nSPS) is 16.9. The van der Waals surface area contributed by atoms with Crippen molar-refractivity contribution in [2.75, 3.05) is 26.7 Å². The SMILES string of the molecule is COc1ccccc1C(=O)CN1CCC(C(N)=O)CC1. The van der Waals surface area contributed by atoms with E-state index in [0.717, 1.165) is 25.9 Å². The first kappa shape index (κ1) is 14.5. The molecule has 5 heteroatoms. The number of para-hydroxylation sites is 1. The fourth-order valence-electron chi connectivity index (χ4n) is 2.54. The van der Waals surface area contributed by atoms with Crippen molar-refractivity contribution in [2.24, 2.45) is 11.7 Å². The van der Waals surface area contributed by atoms with Crippen LogP contribution in [0.2, 0.25) is 0 Å². The van der Waals surface area contributed by atoms with Gasteiger partial charge in [0.05, 0.1) is 19.2 Å². The maximum atomic E-state index is 12.3. The van der Waals surface area contributed by atoms with Crippen LogP contribution in [-0.4, -0.2) is 43.3 Å². The molecule has 2 rings (SSSR count). The van der Waals surface area contributed by atoms with Crippen LogP contribution in [0.3, 0.4) is 0 Å². The van der Waals surface area contributed by atoms with Crippen LogP contribution in [0.5, 0.6) is 5.75 Å². The number of hydrogen-bond acceptors (Lipinski definition) is 4. The lowest BCUT2D eigenvalue weighted by Crippen LogP contribution is -2.40. The lowest BCUT2D eigenvalue weighted by Gasteiger charge is -2.29. The zero-order valence-electron chi connectivity index (χ0n) is 11.7.